The second-order valence-electron chi connectivity index (χ2n) is 6.69. The Balaban J connectivity index is 1.52. The maximum atomic E-state index is 12.5. The summed E-state index contributed by atoms with van der Waals surface area (Å²) in [5, 5.41) is 3.52. The molecule has 1 N–H and O–H groups in total. The number of carbonyl (C=O) groups excluding carboxylic acids is 1. The molecule has 19 heavy (non-hydrogen) atoms. The van der Waals surface area contributed by atoms with Crippen LogP contribution < -0.4 is 5.32 Å². The predicted molar refractivity (Wildman–Crippen MR) is 76.0 cm³/mol. The number of carbonyl (C=O) groups is 1. The van der Waals surface area contributed by atoms with Crippen LogP contribution in [0.3, 0.4) is 0 Å². The fourth-order valence-electron chi connectivity index (χ4n) is 3.54. The van der Waals surface area contributed by atoms with Gasteiger partial charge in [-0.25, -0.2) is 0 Å². The molecule has 1 amide bonds. The van der Waals surface area contributed by atoms with E-state index in [0.29, 0.717) is 17.9 Å². The van der Waals surface area contributed by atoms with E-state index in [1.54, 1.807) is 0 Å². The van der Waals surface area contributed by atoms with Gasteiger partial charge in [0, 0.05) is 25.7 Å². The molecule has 2 saturated heterocycles. The van der Waals surface area contributed by atoms with Crippen molar-refractivity contribution in [3.8, 4) is 0 Å². The van der Waals surface area contributed by atoms with Crippen molar-refractivity contribution in [2.75, 3.05) is 33.2 Å². The Morgan fingerprint density at radius 3 is 2.68 bits per heavy atom. The predicted octanol–water partition coefficient (Wildman–Crippen LogP) is 1.07. The van der Waals surface area contributed by atoms with E-state index in [4.69, 9.17) is 0 Å². The molecule has 0 aromatic rings. The Morgan fingerprint density at radius 2 is 1.95 bits per heavy atom. The van der Waals surface area contributed by atoms with Crippen LogP contribution in [-0.2, 0) is 4.79 Å². The molecule has 2 aliphatic heterocycles. The quantitative estimate of drug-likeness (QED) is 0.826. The van der Waals surface area contributed by atoms with E-state index in [2.05, 4.69) is 22.2 Å². The molecule has 0 spiro atoms. The van der Waals surface area contributed by atoms with Gasteiger partial charge in [0.25, 0.3) is 0 Å². The van der Waals surface area contributed by atoms with Crippen LogP contribution in [0.5, 0.6) is 0 Å². The molecule has 3 aliphatic rings. The molecule has 1 aliphatic carbocycles. The van der Waals surface area contributed by atoms with E-state index in [1.807, 2.05) is 0 Å². The highest BCUT2D eigenvalue weighted by Gasteiger charge is 2.34. The van der Waals surface area contributed by atoms with Gasteiger partial charge >= 0.3 is 0 Å². The minimum atomic E-state index is 0.113. The van der Waals surface area contributed by atoms with Crippen molar-refractivity contribution in [3.63, 3.8) is 0 Å². The highest BCUT2D eigenvalue weighted by Crippen LogP contribution is 2.24. The summed E-state index contributed by atoms with van der Waals surface area (Å²) in [7, 11) is 2.20. The first-order valence-corrected chi connectivity index (χ1v) is 7.96. The molecule has 2 atom stereocenters. The maximum absolute atomic E-state index is 12.5. The fraction of sp³-hybridized carbons (Fsp3) is 0.933. The van der Waals surface area contributed by atoms with Crippen molar-refractivity contribution in [3.05, 3.63) is 0 Å². The van der Waals surface area contributed by atoms with Crippen molar-refractivity contribution >= 4 is 5.91 Å². The van der Waals surface area contributed by atoms with Gasteiger partial charge in [0.2, 0.25) is 5.91 Å². The van der Waals surface area contributed by atoms with Crippen molar-refractivity contribution in [1.29, 1.82) is 0 Å². The first kappa shape index (κ1) is 13.4. The second kappa shape index (κ2) is 5.80. The van der Waals surface area contributed by atoms with Crippen molar-refractivity contribution in [2.24, 2.45) is 5.92 Å². The summed E-state index contributed by atoms with van der Waals surface area (Å²) in [6.07, 6.45) is 7.30. The molecule has 3 rings (SSSR count). The molecular weight excluding hydrogens is 238 g/mol. The third-order valence-electron chi connectivity index (χ3n) is 4.75. The second-order valence-corrected chi connectivity index (χ2v) is 6.69. The molecule has 0 aromatic heterocycles. The van der Waals surface area contributed by atoms with Crippen LogP contribution in [0.25, 0.3) is 0 Å². The lowest BCUT2D eigenvalue weighted by Crippen LogP contribution is -2.53. The monoisotopic (exact) mass is 265 g/mol. The van der Waals surface area contributed by atoms with Gasteiger partial charge in [0.15, 0.2) is 0 Å². The number of nitrogens with one attached hydrogen (secondary N) is 1. The topological polar surface area (TPSA) is 35.6 Å². The first-order chi connectivity index (χ1) is 9.22. The van der Waals surface area contributed by atoms with E-state index in [1.165, 1.54) is 38.6 Å². The van der Waals surface area contributed by atoms with E-state index in [-0.39, 0.29) is 6.04 Å². The van der Waals surface area contributed by atoms with E-state index >= 15 is 0 Å². The Kier molecular flexibility index (Phi) is 4.08. The largest absolute Gasteiger partial charge is 0.341 e. The lowest BCUT2D eigenvalue weighted by atomic mass is 9.96. The van der Waals surface area contributed by atoms with Gasteiger partial charge in [-0.05, 0) is 58.0 Å². The van der Waals surface area contributed by atoms with Crippen LogP contribution in [-0.4, -0.2) is 61.0 Å². The van der Waals surface area contributed by atoms with Gasteiger partial charge in [-0.15, -0.1) is 0 Å². The SMILES string of the molecule is CN1CCCC(CN2CCCC(NC3CC3)C2=O)C1. The molecule has 4 nitrogen and oxygen atoms in total. The van der Waals surface area contributed by atoms with Crippen LogP contribution in [0.1, 0.15) is 38.5 Å². The van der Waals surface area contributed by atoms with Crippen molar-refractivity contribution < 1.29 is 4.79 Å². The summed E-state index contributed by atoms with van der Waals surface area (Å²) in [5.74, 6) is 1.05. The summed E-state index contributed by atoms with van der Waals surface area (Å²) < 4.78 is 0. The zero-order valence-electron chi connectivity index (χ0n) is 12.1. The molecular formula is C15H27N3O. The van der Waals surface area contributed by atoms with E-state index < -0.39 is 0 Å². The number of hydrogen-bond acceptors (Lipinski definition) is 3. The Morgan fingerprint density at radius 1 is 1.16 bits per heavy atom. The fourth-order valence-corrected chi connectivity index (χ4v) is 3.54. The lowest BCUT2D eigenvalue weighted by molar-refractivity contribution is -0.137. The maximum Gasteiger partial charge on any atom is 0.239 e. The average Bonchev–Trinajstić information content (AvgIpc) is 3.18. The van der Waals surface area contributed by atoms with Crippen LogP contribution >= 0.6 is 0 Å². The normalized spacial score (nSPS) is 33.7. The third-order valence-corrected chi connectivity index (χ3v) is 4.75. The highest BCUT2D eigenvalue weighted by molar-refractivity contribution is 5.82. The van der Waals surface area contributed by atoms with Crippen LogP contribution in [0.4, 0.5) is 0 Å². The third kappa shape index (κ3) is 3.48. The van der Waals surface area contributed by atoms with Crippen molar-refractivity contribution in [2.45, 2.75) is 50.6 Å². The van der Waals surface area contributed by atoms with E-state index in [9.17, 15) is 4.79 Å². The Bertz CT molecular complexity index is 329. The number of hydrogen-bond donors (Lipinski definition) is 1. The number of nitrogens with zero attached hydrogens (tertiary/aromatic N) is 2. The summed E-state index contributed by atoms with van der Waals surface area (Å²) in [4.78, 5) is 17.0. The molecule has 1 saturated carbocycles. The van der Waals surface area contributed by atoms with Gasteiger partial charge in [-0.3, -0.25) is 4.79 Å². The molecule has 0 bridgehead atoms. The van der Waals surface area contributed by atoms with Crippen LogP contribution in [0, 0.1) is 5.92 Å². The zero-order chi connectivity index (χ0) is 13.2. The summed E-state index contributed by atoms with van der Waals surface area (Å²) in [6.45, 7) is 4.33. The number of amides is 1. The smallest absolute Gasteiger partial charge is 0.239 e. The molecule has 108 valence electrons. The van der Waals surface area contributed by atoms with Gasteiger partial charge in [-0.1, -0.05) is 0 Å². The summed E-state index contributed by atoms with van der Waals surface area (Å²) in [5.41, 5.74) is 0. The Labute approximate surface area is 116 Å². The van der Waals surface area contributed by atoms with Gasteiger partial charge in [0.1, 0.15) is 0 Å². The minimum Gasteiger partial charge on any atom is -0.341 e. The average molecular weight is 265 g/mol. The molecule has 2 heterocycles. The zero-order valence-corrected chi connectivity index (χ0v) is 12.1. The Hall–Kier alpha value is -0.610. The number of piperidine rings is 2. The van der Waals surface area contributed by atoms with Gasteiger partial charge in [-0.2, -0.15) is 0 Å². The summed E-state index contributed by atoms with van der Waals surface area (Å²) >= 11 is 0. The highest BCUT2D eigenvalue weighted by atomic mass is 16.2. The molecule has 3 fully saturated rings. The molecule has 0 aromatic carbocycles. The van der Waals surface area contributed by atoms with E-state index in [0.717, 1.165) is 26.1 Å². The van der Waals surface area contributed by atoms with Crippen LogP contribution in [0.15, 0.2) is 0 Å². The lowest BCUT2D eigenvalue weighted by Gasteiger charge is -2.37. The summed E-state index contributed by atoms with van der Waals surface area (Å²) in [6, 6.07) is 0.747. The van der Waals surface area contributed by atoms with Gasteiger partial charge in [0.05, 0.1) is 6.04 Å². The van der Waals surface area contributed by atoms with Crippen LogP contribution in [0.2, 0.25) is 0 Å². The molecule has 0 radical (unpaired) electrons. The van der Waals surface area contributed by atoms with Crippen molar-refractivity contribution in [1.82, 2.24) is 15.1 Å². The first-order valence-electron chi connectivity index (χ1n) is 7.96. The molecule has 2 unspecified atom stereocenters. The standard InChI is InChI=1S/C15H27N3O/c1-17-8-2-4-12(10-17)11-18-9-3-5-14(15(18)19)16-13-6-7-13/h12-14,16H,2-11H2,1H3. The number of rotatable bonds is 4. The minimum absolute atomic E-state index is 0.113. The molecule has 4 heteroatoms. The van der Waals surface area contributed by atoms with Gasteiger partial charge < -0.3 is 15.1 Å². The number of likely N-dealkylation sites (tertiary alicyclic amines) is 2.